The van der Waals surface area contributed by atoms with Gasteiger partial charge in [0, 0.05) is 11.8 Å². The van der Waals surface area contributed by atoms with Gasteiger partial charge in [0.05, 0.1) is 12.8 Å². The van der Waals surface area contributed by atoms with Crippen LogP contribution in [0.4, 0.5) is 0 Å². The molecule has 4 nitrogen and oxygen atoms in total. The zero-order valence-corrected chi connectivity index (χ0v) is 8.63. The molecule has 1 heterocycles. The van der Waals surface area contributed by atoms with Gasteiger partial charge in [0.15, 0.2) is 0 Å². The number of nitrogens with one attached hydrogen (secondary N) is 2. The van der Waals surface area contributed by atoms with Gasteiger partial charge >= 0.3 is 5.69 Å². The predicted octanol–water partition coefficient (Wildman–Crippen LogP) is 1.69. The summed E-state index contributed by atoms with van der Waals surface area (Å²) in [5, 5.41) is 0. The maximum absolute atomic E-state index is 11.0. The molecule has 0 saturated carbocycles. The van der Waals surface area contributed by atoms with Crippen LogP contribution < -0.4 is 10.4 Å². The summed E-state index contributed by atoms with van der Waals surface area (Å²) in [6, 6.07) is 5.82. The Morgan fingerprint density at radius 1 is 1.33 bits per heavy atom. The summed E-state index contributed by atoms with van der Waals surface area (Å²) in [6.45, 7) is 1.99. The standard InChI is InChI=1S/C11H12N2O2/c1-7-3-4-10(15-2)8(5-7)9-6-12-11(14)13-9/h3-6H,1-2H3,(H2,12,13,14). The third-order valence-electron chi connectivity index (χ3n) is 2.24. The first-order valence-electron chi connectivity index (χ1n) is 4.63. The summed E-state index contributed by atoms with van der Waals surface area (Å²) in [6.07, 6.45) is 1.64. The summed E-state index contributed by atoms with van der Waals surface area (Å²) in [5.74, 6) is 0.746. The van der Waals surface area contributed by atoms with Crippen LogP contribution in [0.15, 0.2) is 29.2 Å². The lowest BCUT2D eigenvalue weighted by molar-refractivity contribution is 0.416. The Labute approximate surface area is 86.9 Å². The smallest absolute Gasteiger partial charge is 0.323 e. The molecule has 0 bridgehead atoms. The molecule has 2 rings (SSSR count). The van der Waals surface area contributed by atoms with Gasteiger partial charge < -0.3 is 14.7 Å². The molecule has 0 spiro atoms. The van der Waals surface area contributed by atoms with Gasteiger partial charge in [0.2, 0.25) is 0 Å². The van der Waals surface area contributed by atoms with Crippen LogP contribution >= 0.6 is 0 Å². The second kappa shape index (κ2) is 3.65. The molecule has 0 amide bonds. The molecule has 2 aromatic rings. The summed E-state index contributed by atoms with van der Waals surface area (Å²) in [7, 11) is 1.61. The molecule has 1 aromatic heterocycles. The summed E-state index contributed by atoms with van der Waals surface area (Å²) >= 11 is 0. The lowest BCUT2D eigenvalue weighted by Gasteiger charge is -2.07. The minimum absolute atomic E-state index is 0.214. The van der Waals surface area contributed by atoms with Crippen LogP contribution in [0.5, 0.6) is 5.75 Å². The van der Waals surface area contributed by atoms with E-state index in [2.05, 4.69) is 9.97 Å². The normalized spacial score (nSPS) is 10.3. The van der Waals surface area contributed by atoms with Crippen molar-refractivity contribution in [3.63, 3.8) is 0 Å². The number of aromatic nitrogens is 2. The third-order valence-corrected chi connectivity index (χ3v) is 2.24. The van der Waals surface area contributed by atoms with Gasteiger partial charge in [-0.15, -0.1) is 0 Å². The fourth-order valence-electron chi connectivity index (χ4n) is 1.51. The molecule has 0 aliphatic carbocycles. The highest BCUT2D eigenvalue weighted by Crippen LogP contribution is 2.28. The largest absolute Gasteiger partial charge is 0.496 e. The number of methoxy groups -OCH3 is 1. The molecule has 78 valence electrons. The fraction of sp³-hybridized carbons (Fsp3) is 0.182. The Hall–Kier alpha value is -1.97. The van der Waals surface area contributed by atoms with Crippen molar-refractivity contribution >= 4 is 0 Å². The van der Waals surface area contributed by atoms with Crippen LogP contribution in [0.2, 0.25) is 0 Å². The van der Waals surface area contributed by atoms with Gasteiger partial charge in [-0.25, -0.2) is 4.79 Å². The molecule has 0 radical (unpaired) electrons. The highest BCUT2D eigenvalue weighted by atomic mass is 16.5. The van der Waals surface area contributed by atoms with Gasteiger partial charge in [0.25, 0.3) is 0 Å². The highest BCUT2D eigenvalue weighted by molar-refractivity contribution is 5.67. The van der Waals surface area contributed by atoms with Crippen molar-refractivity contribution in [3.05, 3.63) is 40.4 Å². The van der Waals surface area contributed by atoms with E-state index >= 15 is 0 Å². The second-order valence-corrected chi connectivity index (χ2v) is 3.36. The maximum atomic E-state index is 11.0. The Morgan fingerprint density at radius 3 is 2.73 bits per heavy atom. The summed E-state index contributed by atoms with van der Waals surface area (Å²) in [5.41, 5.74) is 2.53. The van der Waals surface area contributed by atoms with Crippen molar-refractivity contribution in [3.8, 4) is 17.0 Å². The minimum Gasteiger partial charge on any atom is -0.496 e. The monoisotopic (exact) mass is 204 g/mol. The number of hydrogen-bond acceptors (Lipinski definition) is 2. The van der Waals surface area contributed by atoms with E-state index in [1.165, 1.54) is 0 Å². The Bertz CT molecular complexity index is 525. The van der Waals surface area contributed by atoms with Crippen LogP contribution in [-0.2, 0) is 0 Å². The van der Waals surface area contributed by atoms with Crippen LogP contribution in [0.25, 0.3) is 11.3 Å². The number of ether oxygens (including phenoxy) is 1. The van der Waals surface area contributed by atoms with Crippen molar-refractivity contribution in [2.45, 2.75) is 6.92 Å². The van der Waals surface area contributed by atoms with E-state index in [1.807, 2.05) is 25.1 Å². The molecule has 1 aromatic carbocycles. The molecule has 0 unspecified atom stereocenters. The van der Waals surface area contributed by atoms with E-state index in [0.717, 1.165) is 22.6 Å². The van der Waals surface area contributed by atoms with Crippen molar-refractivity contribution in [2.75, 3.05) is 7.11 Å². The van der Waals surface area contributed by atoms with Gasteiger partial charge in [-0.3, -0.25) is 0 Å². The van der Waals surface area contributed by atoms with Crippen LogP contribution in [0.1, 0.15) is 5.56 Å². The molecule has 0 fully saturated rings. The molecule has 2 N–H and O–H groups in total. The number of aryl methyl sites for hydroxylation is 1. The van der Waals surface area contributed by atoms with Gasteiger partial charge in [-0.2, -0.15) is 0 Å². The number of benzene rings is 1. The lowest BCUT2D eigenvalue weighted by Crippen LogP contribution is -2.00. The Balaban J connectivity index is 2.59. The Kier molecular flexibility index (Phi) is 2.33. The van der Waals surface area contributed by atoms with Gasteiger partial charge in [-0.05, 0) is 19.1 Å². The molecule has 4 heteroatoms. The number of aromatic amines is 2. The number of imidazole rings is 1. The van der Waals surface area contributed by atoms with E-state index in [-0.39, 0.29) is 5.69 Å². The van der Waals surface area contributed by atoms with Gasteiger partial charge in [-0.1, -0.05) is 11.6 Å². The first kappa shape index (κ1) is 9.58. The molecule has 0 atom stereocenters. The zero-order valence-electron chi connectivity index (χ0n) is 8.63. The first-order chi connectivity index (χ1) is 7.20. The van der Waals surface area contributed by atoms with Crippen LogP contribution in [-0.4, -0.2) is 17.1 Å². The summed E-state index contributed by atoms with van der Waals surface area (Å²) in [4.78, 5) is 16.3. The van der Waals surface area contributed by atoms with E-state index in [9.17, 15) is 4.79 Å². The third kappa shape index (κ3) is 1.79. The van der Waals surface area contributed by atoms with Gasteiger partial charge in [0.1, 0.15) is 5.75 Å². The van der Waals surface area contributed by atoms with E-state index in [0.29, 0.717) is 0 Å². The zero-order chi connectivity index (χ0) is 10.8. The average molecular weight is 204 g/mol. The van der Waals surface area contributed by atoms with Crippen LogP contribution in [0, 0.1) is 6.92 Å². The highest BCUT2D eigenvalue weighted by Gasteiger charge is 2.07. The number of hydrogen-bond donors (Lipinski definition) is 2. The predicted molar refractivity (Wildman–Crippen MR) is 58.1 cm³/mol. The fourth-order valence-corrected chi connectivity index (χ4v) is 1.51. The van der Waals surface area contributed by atoms with Crippen LogP contribution in [0.3, 0.4) is 0 Å². The molecule has 0 aliphatic heterocycles. The minimum atomic E-state index is -0.214. The number of rotatable bonds is 2. The quantitative estimate of drug-likeness (QED) is 0.782. The Morgan fingerprint density at radius 2 is 2.13 bits per heavy atom. The number of H-pyrrole nitrogens is 2. The van der Waals surface area contributed by atoms with Crippen molar-refractivity contribution in [2.24, 2.45) is 0 Å². The molecule has 0 saturated heterocycles. The van der Waals surface area contributed by atoms with E-state index < -0.39 is 0 Å². The average Bonchev–Trinajstić information content (AvgIpc) is 2.65. The summed E-state index contributed by atoms with van der Waals surface area (Å²) < 4.78 is 5.23. The topological polar surface area (TPSA) is 57.9 Å². The molecule has 15 heavy (non-hydrogen) atoms. The van der Waals surface area contributed by atoms with E-state index in [4.69, 9.17) is 4.74 Å². The molecular formula is C11H12N2O2. The lowest BCUT2D eigenvalue weighted by atomic mass is 10.1. The first-order valence-corrected chi connectivity index (χ1v) is 4.63. The molecular weight excluding hydrogens is 192 g/mol. The second-order valence-electron chi connectivity index (χ2n) is 3.36. The SMILES string of the molecule is COc1ccc(C)cc1-c1c[nH]c(=O)[nH]1. The van der Waals surface area contributed by atoms with E-state index in [1.54, 1.807) is 13.3 Å². The van der Waals surface area contributed by atoms with Crippen molar-refractivity contribution in [1.82, 2.24) is 9.97 Å². The maximum Gasteiger partial charge on any atom is 0.323 e. The van der Waals surface area contributed by atoms with Crippen molar-refractivity contribution < 1.29 is 4.74 Å². The molecule has 0 aliphatic rings. The van der Waals surface area contributed by atoms with Crippen molar-refractivity contribution in [1.29, 1.82) is 0 Å².